The van der Waals surface area contributed by atoms with E-state index in [4.69, 9.17) is 9.47 Å². The largest absolute Gasteiger partial charge is 0.462 e. The van der Waals surface area contributed by atoms with Gasteiger partial charge in [0.1, 0.15) is 6.61 Å². The first-order valence-corrected chi connectivity index (χ1v) is 6.12. The van der Waals surface area contributed by atoms with Crippen molar-refractivity contribution in [1.29, 1.82) is 0 Å². The highest BCUT2D eigenvalue weighted by molar-refractivity contribution is 5.67. The van der Waals surface area contributed by atoms with Crippen LogP contribution in [-0.2, 0) is 19.1 Å². The lowest BCUT2D eigenvalue weighted by atomic mass is 10.3. The predicted octanol–water partition coefficient (Wildman–Crippen LogP) is 1.62. The molecule has 0 aliphatic carbocycles. The zero-order valence-electron chi connectivity index (χ0n) is 12.2. The Balaban J connectivity index is 4.41. The Kier molecular flexibility index (Phi) is 10.5. The van der Waals surface area contributed by atoms with Crippen LogP contribution in [0.3, 0.4) is 0 Å². The molecule has 0 saturated carbocycles. The second-order valence-electron chi connectivity index (χ2n) is 3.59. The van der Waals surface area contributed by atoms with Crippen LogP contribution < -0.4 is 0 Å². The van der Waals surface area contributed by atoms with E-state index in [1.54, 1.807) is 31.2 Å². The van der Waals surface area contributed by atoms with E-state index < -0.39 is 18.0 Å². The molecular formula is C17H16O4. The summed E-state index contributed by atoms with van der Waals surface area (Å²) in [7, 11) is 0. The van der Waals surface area contributed by atoms with Crippen LogP contribution in [-0.4, -0.2) is 24.6 Å². The van der Waals surface area contributed by atoms with E-state index in [2.05, 4.69) is 35.5 Å². The Labute approximate surface area is 125 Å². The molecule has 0 bridgehead atoms. The molecule has 0 rings (SSSR count). The lowest BCUT2D eigenvalue weighted by Crippen LogP contribution is -2.21. The molecule has 0 spiro atoms. The van der Waals surface area contributed by atoms with Crippen molar-refractivity contribution >= 4 is 11.9 Å². The van der Waals surface area contributed by atoms with E-state index in [1.165, 1.54) is 13.8 Å². The summed E-state index contributed by atoms with van der Waals surface area (Å²) in [6, 6.07) is 0. The molecule has 0 N–H and O–H groups in total. The summed E-state index contributed by atoms with van der Waals surface area (Å²) in [5.74, 6) is 14.7. The minimum atomic E-state index is -0.622. The van der Waals surface area contributed by atoms with E-state index in [0.29, 0.717) is 0 Å². The molecule has 0 radical (unpaired) electrons. The van der Waals surface area contributed by atoms with Gasteiger partial charge in [-0.2, -0.15) is 0 Å². The monoisotopic (exact) mass is 284 g/mol. The molecule has 0 fully saturated rings. The lowest BCUT2D eigenvalue weighted by molar-refractivity contribution is -0.153. The Bertz CT molecular complexity index is 592. The fraction of sp³-hybridized carbons (Fsp3) is 0.294. The van der Waals surface area contributed by atoms with Gasteiger partial charge in [0.2, 0.25) is 0 Å². The summed E-state index contributed by atoms with van der Waals surface area (Å²) < 4.78 is 9.75. The molecule has 21 heavy (non-hydrogen) atoms. The molecule has 0 saturated heterocycles. The Morgan fingerprint density at radius 2 is 1.76 bits per heavy atom. The second-order valence-corrected chi connectivity index (χ2v) is 3.59. The van der Waals surface area contributed by atoms with Gasteiger partial charge in [-0.25, -0.2) is 0 Å². The number of hydrogen-bond acceptors (Lipinski definition) is 4. The van der Waals surface area contributed by atoms with E-state index >= 15 is 0 Å². The first kappa shape index (κ1) is 18.1. The van der Waals surface area contributed by atoms with Gasteiger partial charge >= 0.3 is 11.9 Å². The Morgan fingerprint density at radius 1 is 1.05 bits per heavy atom. The molecular weight excluding hydrogens is 268 g/mol. The first-order valence-electron chi connectivity index (χ1n) is 6.12. The van der Waals surface area contributed by atoms with Gasteiger partial charge in [0.05, 0.1) is 0 Å². The maximum absolute atomic E-state index is 10.9. The summed E-state index contributed by atoms with van der Waals surface area (Å²) in [5, 5.41) is 0. The van der Waals surface area contributed by atoms with Crippen LogP contribution in [0.4, 0.5) is 0 Å². The van der Waals surface area contributed by atoms with Gasteiger partial charge < -0.3 is 9.47 Å². The van der Waals surface area contributed by atoms with E-state index in [9.17, 15) is 9.59 Å². The highest BCUT2D eigenvalue weighted by Gasteiger charge is 2.09. The average molecular weight is 284 g/mol. The van der Waals surface area contributed by atoms with Crippen LogP contribution in [0.2, 0.25) is 0 Å². The molecule has 0 aromatic heterocycles. The number of carbonyl (C=O) groups excluding carboxylic acids is 2. The molecule has 0 amide bonds. The van der Waals surface area contributed by atoms with Gasteiger partial charge in [-0.3, -0.25) is 9.59 Å². The molecule has 0 aliphatic heterocycles. The summed E-state index contributed by atoms with van der Waals surface area (Å²) in [5.41, 5.74) is 0. The van der Waals surface area contributed by atoms with Gasteiger partial charge in [0, 0.05) is 13.8 Å². The van der Waals surface area contributed by atoms with Gasteiger partial charge in [0.15, 0.2) is 6.10 Å². The molecule has 0 aliphatic rings. The van der Waals surface area contributed by atoms with Crippen molar-refractivity contribution in [2.24, 2.45) is 0 Å². The summed E-state index contributed by atoms with van der Waals surface area (Å²) in [4.78, 5) is 21.6. The van der Waals surface area contributed by atoms with E-state index in [0.717, 1.165) is 0 Å². The quantitative estimate of drug-likeness (QED) is 0.437. The fourth-order valence-corrected chi connectivity index (χ4v) is 1.04. The highest BCUT2D eigenvalue weighted by Crippen LogP contribution is 1.98. The summed E-state index contributed by atoms with van der Waals surface area (Å²) in [6.45, 7) is 4.25. The number of hydrogen-bond donors (Lipinski definition) is 0. The second kappa shape index (κ2) is 12.2. The molecule has 4 heteroatoms. The van der Waals surface area contributed by atoms with Crippen molar-refractivity contribution in [3.63, 3.8) is 0 Å². The van der Waals surface area contributed by atoms with Crippen molar-refractivity contribution in [2.75, 3.05) is 6.61 Å². The smallest absolute Gasteiger partial charge is 0.303 e. The summed E-state index contributed by atoms with van der Waals surface area (Å²) in [6.07, 6.45) is 5.86. The predicted molar refractivity (Wildman–Crippen MR) is 79.5 cm³/mol. The highest BCUT2D eigenvalue weighted by atomic mass is 16.6. The van der Waals surface area contributed by atoms with Crippen molar-refractivity contribution in [2.45, 2.75) is 26.9 Å². The average Bonchev–Trinajstić information content (AvgIpc) is 2.42. The van der Waals surface area contributed by atoms with Crippen LogP contribution >= 0.6 is 0 Å². The molecule has 1 atom stereocenters. The van der Waals surface area contributed by atoms with E-state index in [1.807, 2.05) is 0 Å². The van der Waals surface area contributed by atoms with Crippen molar-refractivity contribution in [3.05, 3.63) is 24.3 Å². The van der Waals surface area contributed by atoms with Crippen molar-refractivity contribution in [3.8, 4) is 35.5 Å². The fourth-order valence-electron chi connectivity index (χ4n) is 1.04. The normalized spacial score (nSPS) is 10.4. The Morgan fingerprint density at radius 3 is 2.38 bits per heavy atom. The van der Waals surface area contributed by atoms with Gasteiger partial charge in [0.25, 0.3) is 0 Å². The first-order chi connectivity index (χ1) is 10.1. The number of ether oxygens (including phenoxy) is 2. The molecule has 0 aromatic carbocycles. The van der Waals surface area contributed by atoms with Gasteiger partial charge in [-0.05, 0) is 42.8 Å². The SMILES string of the molecule is CC#CC#CC#C/C=C/C=C/[C@H](COC(C)=O)OC(C)=O. The molecule has 4 nitrogen and oxygen atoms in total. The molecule has 0 unspecified atom stereocenters. The standard InChI is InChI=1S/C17H16O4/c1-4-5-6-7-8-9-10-11-12-13-17(21-16(3)19)14-20-15(2)18/h10-13,17H,14H2,1-3H3/b11-10+,13-12+/t17-/m1/s1. The third-order valence-electron chi connectivity index (χ3n) is 1.77. The van der Waals surface area contributed by atoms with Gasteiger partial charge in [-0.1, -0.05) is 24.0 Å². The Hall–Kier alpha value is -2.90. The number of esters is 2. The topological polar surface area (TPSA) is 52.6 Å². The number of rotatable bonds is 5. The van der Waals surface area contributed by atoms with Crippen LogP contribution in [0.15, 0.2) is 24.3 Å². The van der Waals surface area contributed by atoms with Gasteiger partial charge in [-0.15, -0.1) is 0 Å². The maximum Gasteiger partial charge on any atom is 0.303 e. The van der Waals surface area contributed by atoms with Crippen LogP contribution in [0.25, 0.3) is 0 Å². The van der Waals surface area contributed by atoms with Crippen LogP contribution in [0.5, 0.6) is 0 Å². The maximum atomic E-state index is 10.9. The van der Waals surface area contributed by atoms with Crippen LogP contribution in [0.1, 0.15) is 20.8 Å². The molecule has 0 heterocycles. The van der Waals surface area contributed by atoms with Crippen LogP contribution in [0, 0.1) is 35.5 Å². The zero-order chi connectivity index (χ0) is 15.9. The third kappa shape index (κ3) is 13.3. The van der Waals surface area contributed by atoms with E-state index in [-0.39, 0.29) is 6.61 Å². The molecule has 0 aromatic rings. The minimum Gasteiger partial charge on any atom is -0.462 e. The minimum absolute atomic E-state index is 0.0217. The van der Waals surface area contributed by atoms with Crippen molar-refractivity contribution in [1.82, 2.24) is 0 Å². The zero-order valence-corrected chi connectivity index (χ0v) is 12.2. The van der Waals surface area contributed by atoms with Crippen molar-refractivity contribution < 1.29 is 19.1 Å². The number of carbonyl (C=O) groups is 2. The lowest BCUT2D eigenvalue weighted by Gasteiger charge is -2.12. The molecule has 108 valence electrons. The number of allylic oxidation sites excluding steroid dienone is 3. The third-order valence-corrected chi connectivity index (χ3v) is 1.77. The summed E-state index contributed by atoms with van der Waals surface area (Å²) >= 11 is 0.